The number of nitro groups is 1. The molecule has 0 spiro atoms. The number of para-hydroxylation sites is 1. The molecule has 1 amide bonds. The zero-order valence-electron chi connectivity index (χ0n) is 18.6. The Morgan fingerprint density at radius 3 is 2.80 bits per heavy atom. The largest absolute Gasteiger partial charge is 0.454 e. The fourth-order valence-corrected chi connectivity index (χ4v) is 4.91. The zero-order chi connectivity index (χ0) is 23.9. The van der Waals surface area contributed by atoms with Gasteiger partial charge in [0, 0.05) is 41.4 Å². The lowest BCUT2D eigenvalue weighted by Gasteiger charge is -2.35. The fraction of sp³-hybridized carbons (Fsp3) is 0.148. The lowest BCUT2D eigenvalue weighted by atomic mass is 9.92. The number of carbonyl (C=O) groups is 1. The second-order valence-electron chi connectivity index (χ2n) is 8.55. The van der Waals surface area contributed by atoms with E-state index in [0.29, 0.717) is 23.6 Å². The predicted molar refractivity (Wildman–Crippen MR) is 130 cm³/mol. The molecule has 6 rings (SSSR count). The number of fused-ring (bicyclic) bond motifs is 4. The number of hydrogen-bond acceptors (Lipinski definition) is 5. The van der Waals surface area contributed by atoms with Crippen LogP contribution in [0.4, 0.5) is 5.69 Å². The zero-order valence-corrected chi connectivity index (χ0v) is 18.6. The summed E-state index contributed by atoms with van der Waals surface area (Å²) in [7, 11) is 0. The van der Waals surface area contributed by atoms with Gasteiger partial charge in [-0.05, 0) is 47.4 Å². The maximum Gasteiger partial charge on any atom is 0.270 e. The molecule has 2 aliphatic heterocycles. The molecule has 0 saturated carbocycles. The van der Waals surface area contributed by atoms with E-state index in [-0.39, 0.29) is 24.4 Å². The van der Waals surface area contributed by atoms with E-state index in [1.165, 1.54) is 23.8 Å². The molecule has 3 heterocycles. The Kier molecular flexibility index (Phi) is 4.99. The Morgan fingerprint density at radius 1 is 1.06 bits per heavy atom. The van der Waals surface area contributed by atoms with Crippen LogP contribution in [0.5, 0.6) is 11.5 Å². The van der Waals surface area contributed by atoms with Crippen molar-refractivity contribution in [3.8, 4) is 11.5 Å². The Hall–Kier alpha value is -4.59. The van der Waals surface area contributed by atoms with Crippen LogP contribution < -0.4 is 9.47 Å². The molecule has 2 aliphatic rings. The molecule has 0 aliphatic carbocycles. The van der Waals surface area contributed by atoms with Crippen LogP contribution in [0.15, 0.2) is 72.8 Å². The van der Waals surface area contributed by atoms with Gasteiger partial charge in [-0.1, -0.05) is 36.4 Å². The molecule has 174 valence electrons. The number of nitro benzene ring substituents is 1. The summed E-state index contributed by atoms with van der Waals surface area (Å²) in [6.07, 6.45) is 3.82. The molecule has 4 aromatic rings. The Balaban J connectivity index is 1.40. The van der Waals surface area contributed by atoms with Crippen LogP contribution in [0.3, 0.4) is 0 Å². The fourth-order valence-electron chi connectivity index (χ4n) is 4.91. The number of amides is 1. The van der Waals surface area contributed by atoms with Gasteiger partial charge >= 0.3 is 0 Å². The lowest BCUT2D eigenvalue weighted by Crippen LogP contribution is -2.39. The minimum absolute atomic E-state index is 0.0153. The van der Waals surface area contributed by atoms with Crippen LogP contribution in [0.1, 0.15) is 28.4 Å². The van der Waals surface area contributed by atoms with Gasteiger partial charge in [-0.2, -0.15) is 0 Å². The SMILES string of the molecule is O=C(/C=C/c1cccc([N+](=O)[O-])c1)N1CCc2c([nH]c3ccccc23)C1c1ccc2c(c1)OCO2. The summed E-state index contributed by atoms with van der Waals surface area (Å²) in [5, 5.41) is 12.3. The Bertz CT molecular complexity index is 1510. The van der Waals surface area contributed by atoms with Gasteiger partial charge in [-0.25, -0.2) is 0 Å². The van der Waals surface area contributed by atoms with Crippen molar-refractivity contribution < 1.29 is 19.2 Å². The number of rotatable bonds is 4. The maximum absolute atomic E-state index is 13.5. The highest BCUT2D eigenvalue weighted by Gasteiger charge is 2.34. The average molecular weight is 467 g/mol. The molecule has 0 radical (unpaired) electrons. The summed E-state index contributed by atoms with van der Waals surface area (Å²) >= 11 is 0. The highest BCUT2D eigenvalue weighted by Crippen LogP contribution is 2.42. The number of nitrogens with one attached hydrogen (secondary N) is 1. The van der Waals surface area contributed by atoms with Gasteiger partial charge in [0.1, 0.15) is 0 Å². The van der Waals surface area contributed by atoms with Crippen molar-refractivity contribution in [1.29, 1.82) is 0 Å². The van der Waals surface area contributed by atoms with E-state index in [0.717, 1.165) is 28.6 Å². The minimum Gasteiger partial charge on any atom is -0.454 e. The molecule has 1 unspecified atom stereocenters. The summed E-state index contributed by atoms with van der Waals surface area (Å²) in [5.74, 6) is 1.17. The van der Waals surface area contributed by atoms with E-state index < -0.39 is 4.92 Å². The number of carbonyl (C=O) groups excluding carboxylic acids is 1. The Labute approximate surface area is 200 Å². The van der Waals surface area contributed by atoms with E-state index >= 15 is 0 Å². The van der Waals surface area contributed by atoms with E-state index in [2.05, 4.69) is 11.1 Å². The van der Waals surface area contributed by atoms with Crippen LogP contribution >= 0.6 is 0 Å². The van der Waals surface area contributed by atoms with Gasteiger partial charge in [-0.15, -0.1) is 0 Å². The molecular weight excluding hydrogens is 446 g/mol. The van der Waals surface area contributed by atoms with Crippen molar-refractivity contribution in [3.63, 3.8) is 0 Å². The minimum atomic E-state index is -0.448. The molecule has 1 aromatic heterocycles. The van der Waals surface area contributed by atoms with E-state index in [1.54, 1.807) is 18.2 Å². The third-order valence-corrected chi connectivity index (χ3v) is 6.53. The molecule has 0 saturated heterocycles. The normalized spacial score (nSPS) is 16.6. The van der Waals surface area contributed by atoms with Crippen molar-refractivity contribution in [2.45, 2.75) is 12.5 Å². The van der Waals surface area contributed by atoms with Crippen molar-refractivity contribution >= 4 is 28.6 Å². The molecule has 1 N–H and O–H groups in total. The summed E-state index contributed by atoms with van der Waals surface area (Å²) in [6.45, 7) is 0.710. The van der Waals surface area contributed by atoms with E-state index in [1.807, 2.05) is 41.3 Å². The molecule has 3 aromatic carbocycles. The van der Waals surface area contributed by atoms with Crippen LogP contribution in [-0.2, 0) is 11.2 Å². The maximum atomic E-state index is 13.5. The summed E-state index contributed by atoms with van der Waals surface area (Å²) in [5.41, 5.74) is 4.71. The predicted octanol–water partition coefficient (Wildman–Crippen LogP) is 4.99. The quantitative estimate of drug-likeness (QED) is 0.259. The van der Waals surface area contributed by atoms with Gasteiger partial charge in [0.2, 0.25) is 12.7 Å². The van der Waals surface area contributed by atoms with Crippen LogP contribution in [0.2, 0.25) is 0 Å². The van der Waals surface area contributed by atoms with Crippen LogP contribution in [0.25, 0.3) is 17.0 Å². The smallest absolute Gasteiger partial charge is 0.270 e. The standard InChI is InChI=1S/C27H21N3O5/c31-25(11-8-17-4-3-5-19(14-17)30(32)33)29-13-12-21-20-6-1-2-7-22(20)28-26(21)27(29)18-9-10-23-24(15-18)35-16-34-23/h1-11,14-15,27-28H,12-13,16H2/b11-8+. The monoisotopic (exact) mass is 467 g/mol. The third kappa shape index (κ3) is 3.69. The number of hydrogen-bond donors (Lipinski definition) is 1. The Morgan fingerprint density at radius 2 is 1.91 bits per heavy atom. The number of aromatic amines is 1. The summed E-state index contributed by atoms with van der Waals surface area (Å²) < 4.78 is 11.1. The first-order valence-electron chi connectivity index (χ1n) is 11.3. The summed E-state index contributed by atoms with van der Waals surface area (Å²) in [6, 6.07) is 19.8. The second-order valence-corrected chi connectivity index (χ2v) is 8.55. The highest BCUT2D eigenvalue weighted by atomic mass is 16.7. The van der Waals surface area contributed by atoms with Crippen molar-refractivity contribution in [1.82, 2.24) is 9.88 Å². The third-order valence-electron chi connectivity index (χ3n) is 6.53. The number of benzene rings is 3. The molecular formula is C27H21N3O5. The molecule has 0 fully saturated rings. The molecule has 35 heavy (non-hydrogen) atoms. The number of H-pyrrole nitrogens is 1. The molecule has 1 atom stereocenters. The number of ether oxygens (including phenoxy) is 2. The molecule has 0 bridgehead atoms. The molecule has 8 heteroatoms. The van der Waals surface area contributed by atoms with Gasteiger partial charge in [0.05, 0.1) is 11.0 Å². The van der Waals surface area contributed by atoms with Crippen LogP contribution in [0, 0.1) is 10.1 Å². The van der Waals surface area contributed by atoms with Crippen molar-refractivity contribution in [3.05, 3.63) is 105 Å². The topological polar surface area (TPSA) is 97.7 Å². The van der Waals surface area contributed by atoms with Gasteiger partial charge in [0.15, 0.2) is 11.5 Å². The average Bonchev–Trinajstić information content (AvgIpc) is 3.50. The van der Waals surface area contributed by atoms with Gasteiger partial charge < -0.3 is 19.4 Å². The van der Waals surface area contributed by atoms with Crippen molar-refractivity contribution in [2.75, 3.05) is 13.3 Å². The van der Waals surface area contributed by atoms with Gasteiger partial charge in [0.25, 0.3) is 5.69 Å². The number of non-ortho nitro benzene ring substituents is 1. The first-order chi connectivity index (χ1) is 17.1. The lowest BCUT2D eigenvalue weighted by molar-refractivity contribution is -0.384. The van der Waals surface area contributed by atoms with Crippen LogP contribution in [-0.4, -0.2) is 34.1 Å². The first kappa shape index (κ1) is 21.0. The number of aromatic nitrogens is 1. The number of nitrogens with zero attached hydrogens (tertiary/aromatic N) is 2. The summed E-state index contributed by atoms with van der Waals surface area (Å²) in [4.78, 5) is 29.5. The first-order valence-corrected chi connectivity index (χ1v) is 11.3. The van der Waals surface area contributed by atoms with Crippen molar-refractivity contribution in [2.24, 2.45) is 0 Å². The highest BCUT2D eigenvalue weighted by molar-refractivity contribution is 5.93. The van der Waals surface area contributed by atoms with Gasteiger partial charge in [-0.3, -0.25) is 14.9 Å². The molecule has 8 nitrogen and oxygen atoms in total. The van der Waals surface area contributed by atoms with E-state index in [4.69, 9.17) is 9.47 Å². The second kappa shape index (κ2) is 8.32. The van der Waals surface area contributed by atoms with E-state index in [9.17, 15) is 14.9 Å².